The number of carbonyl (C=O) groups is 1. The van der Waals surface area contributed by atoms with E-state index >= 15 is 0 Å². The minimum absolute atomic E-state index is 0. The minimum atomic E-state index is -0.000210. The molecule has 32 heavy (non-hydrogen) atoms. The van der Waals surface area contributed by atoms with Gasteiger partial charge in [-0.05, 0) is 18.9 Å². The van der Waals surface area contributed by atoms with Gasteiger partial charge in [0.2, 0.25) is 5.91 Å². The van der Waals surface area contributed by atoms with Gasteiger partial charge in [0.15, 0.2) is 5.96 Å². The van der Waals surface area contributed by atoms with Gasteiger partial charge in [0.25, 0.3) is 0 Å². The van der Waals surface area contributed by atoms with Crippen LogP contribution in [0.1, 0.15) is 18.9 Å². The van der Waals surface area contributed by atoms with Crippen LogP contribution in [0.25, 0.3) is 0 Å². The molecule has 2 unspecified atom stereocenters. The standard InChI is InChI=1S/C23H38N6O2.HI/c1-19-15-21(18-29(19)17-20-7-5-4-6-8-20)26-23(25-16-22(30)27(2)3)24-9-10-28-11-13-31-14-12-28;/h4-8,19,21H,9-18H2,1-3H3,(H2,24,25,26);1H. The van der Waals surface area contributed by atoms with E-state index in [1.54, 1.807) is 19.0 Å². The van der Waals surface area contributed by atoms with Crippen molar-refractivity contribution in [3.63, 3.8) is 0 Å². The average molecular weight is 559 g/mol. The molecule has 1 aromatic carbocycles. The van der Waals surface area contributed by atoms with E-state index in [9.17, 15) is 4.79 Å². The highest BCUT2D eigenvalue weighted by Gasteiger charge is 2.29. The number of morpholine rings is 1. The number of carbonyl (C=O) groups excluding carboxylic acids is 1. The summed E-state index contributed by atoms with van der Waals surface area (Å²) in [6.45, 7) is 9.60. The Balaban J connectivity index is 0.00000363. The Morgan fingerprint density at radius 3 is 2.62 bits per heavy atom. The number of amides is 1. The lowest BCUT2D eigenvalue weighted by Gasteiger charge is -2.27. The second-order valence-electron chi connectivity index (χ2n) is 8.67. The van der Waals surface area contributed by atoms with Crippen molar-refractivity contribution in [3.8, 4) is 0 Å². The summed E-state index contributed by atoms with van der Waals surface area (Å²) in [7, 11) is 3.52. The molecule has 8 nitrogen and oxygen atoms in total. The summed E-state index contributed by atoms with van der Waals surface area (Å²) in [5.41, 5.74) is 1.34. The third-order valence-corrected chi connectivity index (χ3v) is 5.97. The lowest BCUT2D eigenvalue weighted by Crippen LogP contribution is -2.48. The highest BCUT2D eigenvalue weighted by atomic mass is 127. The molecule has 2 aliphatic heterocycles. The van der Waals surface area contributed by atoms with Gasteiger partial charge in [-0.2, -0.15) is 0 Å². The molecule has 2 heterocycles. The quantitative estimate of drug-likeness (QED) is 0.284. The molecule has 2 fully saturated rings. The van der Waals surface area contributed by atoms with Gasteiger partial charge in [-0.15, -0.1) is 24.0 Å². The normalized spacial score (nSPS) is 22.3. The molecule has 0 bridgehead atoms. The van der Waals surface area contributed by atoms with Crippen LogP contribution in [0.3, 0.4) is 0 Å². The lowest BCUT2D eigenvalue weighted by atomic mass is 10.2. The number of nitrogens with one attached hydrogen (secondary N) is 2. The van der Waals surface area contributed by atoms with Crippen molar-refractivity contribution in [2.24, 2.45) is 4.99 Å². The van der Waals surface area contributed by atoms with Crippen LogP contribution in [0.2, 0.25) is 0 Å². The van der Waals surface area contributed by atoms with Gasteiger partial charge in [-0.3, -0.25) is 14.6 Å². The van der Waals surface area contributed by atoms with Crippen molar-refractivity contribution < 1.29 is 9.53 Å². The second-order valence-corrected chi connectivity index (χ2v) is 8.67. The number of nitrogens with zero attached hydrogens (tertiary/aromatic N) is 4. The number of guanidine groups is 1. The van der Waals surface area contributed by atoms with E-state index in [2.05, 4.69) is 62.7 Å². The van der Waals surface area contributed by atoms with Crippen molar-refractivity contribution in [3.05, 3.63) is 35.9 Å². The number of halogens is 1. The Kier molecular flexibility index (Phi) is 11.7. The smallest absolute Gasteiger partial charge is 0.243 e. The number of likely N-dealkylation sites (tertiary alicyclic amines) is 1. The summed E-state index contributed by atoms with van der Waals surface area (Å²) in [6.07, 6.45) is 1.05. The van der Waals surface area contributed by atoms with Crippen molar-refractivity contribution in [1.29, 1.82) is 0 Å². The maximum atomic E-state index is 12.0. The molecule has 2 N–H and O–H groups in total. The van der Waals surface area contributed by atoms with Gasteiger partial charge in [-0.1, -0.05) is 30.3 Å². The average Bonchev–Trinajstić information content (AvgIpc) is 3.11. The third kappa shape index (κ3) is 8.84. The number of benzene rings is 1. The topological polar surface area (TPSA) is 72.4 Å². The highest BCUT2D eigenvalue weighted by Crippen LogP contribution is 2.20. The van der Waals surface area contributed by atoms with Crippen LogP contribution < -0.4 is 10.6 Å². The Bertz CT molecular complexity index is 712. The Labute approximate surface area is 209 Å². The molecule has 0 saturated carbocycles. The first-order valence-corrected chi connectivity index (χ1v) is 11.3. The summed E-state index contributed by atoms with van der Waals surface area (Å²) >= 11 is 0. The predicted molar refractivity (Wildman–Crippen MR) is 140 cm³/mol. The molecule has 1 amide bonds. The van der Waals surface area contributed by atoms with Crippen LogP contribution in [0.15, 0.2) is 35.3 Å². The molecule has 9 heteroatoms. The first kappa shape index (κ1) is 26.8. The van der Waals surface area contributed by atoms with E-state index in [1.807, 2.05) is 0 Å². The van der Waals surface area contributed by atoms with Gasteiger partial charge >= 0.3 is 0 Å². The Morgan fingerprint density at radius 2 is 1.94 bits per heavy atom. The number of ether oxygens (including phenoxy) is 1. The number of rotatable bonds is 8. The van der Waals surface area contributed by atoms with Crippen LogP contribution in [0.4, 0.5) is 0 Å². The van der Waals surface area contributed by atoms with Gasteiger partial charge in [0, 0.05) is 65.4 Å². The molecule has 2 atom stereocenters. The number of hydrogen-bond donors (Lipinski definition) is 2. The molecule has 2 aliphatic rings. The van der Waals surface area contributed by atoms with E-state index in [4.69, 9.17) is 4.74 Å². The van der Waals surface area contributed by atoms with Crippen molar-refractivity contribution in [2.75, 3.05) is 66.6 Å². The fourth-order valence-electron chi connectivity index (χ4n) is 4.03. The first-order valence-electron chi connectivity index (χ1n) is 11.3. The zero-order chi connectivity index (χ0) is 22.1. The van der Waals surface area contributed by atoms with E-state index in [1.165, 1.54) is 5.56 Å². The van der Waals surface area contributed by atoms with Crippen LogP contribution in [0, 0.1) is 0 Å². The van der Waals surface area contributed by atoms with Gasteiger partial charge in [-0.25, -0.2) is 4.99 Å². The molecule has 2 saturated heterocycles. The van der Waals surface area contributed by atoms with Gasteiger partial charge < -0.3 is 20.3 Å². The minimum Gasteiger partial charge on any atom is -0.379 e. The Hall–Kier alpha value is -1.43. The molecule has 3 rings (SSSR count). The zero-order valence-electron chi connectivity index (χ0n) is 19.6. The van der Waals surface area contributed by atoms with Crippen LogP contribution in [0.5, 0.6) is 0 Å². The lowest BCUT2D eigenvalue weighted by molar-refractivity contribution is -0.127. The van der Waals surface area contributed by atoms with Gasteiger partial charge in [0.1, 0.15) is 6.54 Å². The van der Waals surface area contributed by atoms with E-state index in [0.717, 1.165) is 64.9 Å². The fourth-order valence-corrected chi connectivity index (χ4v) is 4.03. The first-order chi connectivity index (χ1) is 15.0. The Morgan fingerprint density at radius 1 is 1.22 bits per heavy atom. The summed E-state index contributed by atoms with van der Waals surface area (Å²) < 4.78 is 5.42. The largest absolute Gasteiger partial charge is 0.379 e. The SMILES string of the molecule is CC1CC(NC(=NCC(=O)N(C)C)NCCN2CCOCC2)CN1Cc1ccccc1.I. The monoisotopic (exact) mass is 558 g/mol. The molecular formula is C23H39IN6O2. The van der Waals surface area contributed by atoms with Gasteiger partial charge in [0.05, 0.1) is 13.2 Å². The summed E-state index contributed by atoms with van der Waals surface area (Å²) in [6, 6.07) is 11.4. The maximum absolute atomic E-state index is 12.0. The second kappa shape index (κ2) is 14.0. The summed E-state index contributed by atoms with van der Waals surface area (Å²) in [5, 5.41) is 7.01. The van der Waals surface area contributed by atoms with E-state index in [0.29, 0.717) is 12.1 Å². The molecule has 0 aromatic heterocycles. The van der Waals surface area contributed by atoms with Crippen LogP contribution >= 0.6 is 24.0 Å². The number of aliphatic imine (C=N–C) groups is 1. The van der Waals surface area contributed by atoms with Crippen molar-refractivity contribution >= 4 is 35.8 Å². The number of hydrogen-bond acceptors (Lipinski definition) is 5. The van der Waals surface area contributed by atoms with Crippen molar-refractivity contribution in [1.82, 2.24) is 25.3 Å². The number of likely N-dealkylation sites (N-methyl/N-ethyl adjacent to an activating group) is 1. The van der Waals surface area contributed by atoms with Crippen molar-refractivity contribution in [2.45, 2.75) is 32.0 Å². The van der Waals surface area contributed by atoms with E-state index < -0.39 is 0 Å². The van der Waals surface area contributed by atoms with Crippen LogP contribution in [-0.4, -0.2) is 105 Å². The molecule has 0 spiro atoms. The molecule has 180 valence electrons. The third-order valence-electron chi connectivity index (χ3n) is 5.97. The zero-order valence-corrected chi connectivity index (χ0v) is 22.0. The van der Waals surface area contributed by atoms with E-state index in [-0.39, 0.29) is 36.4 Å². The fraction of sp³-hybridized carbons (Fsp3) is 0.652. The summed E-state index contributed by atoms with van der Waals surface area (Å²) in [4.78, 5) is 23.1. The predicted octanol–water partition coefficient (Wildman–Crippen LogP) is 1.22. The summed E-state index contributed by atoms with van der Waals surface area (Å²) in [5.74, 6) is 0.724. The molecule has 0 radical (unpaired) electrons. The maximum Gasteiger partial charge on any atom is 0.243 e. The molecule has 1 aromatic rings. The molecular weight excluding hydrogens is 519 g/mol. The molecule has 0 aliphatic carbocycles. The highest BCUT2D eigenvalue weighted by molar-refractivity contribution is 14.0. The van der Waals surface area contributed by atoms with Crippen LogP contribution in [-0.2, 0) is 16.1 Å².